The molecule has 0 aromatic rings. The Bertz CT molecular complexity index is 683. The Hall–Kier alpha value is -0.963. The summed E-state index contributed by atoms with van der Waals surface area (Å²) in [6, 6.07) is 0. The van der Waals surface area contributed by atoms with Crippen molar-refractivity contribution in [2.45, 2.75) is 128 Å². The molecular formula is C26H46O7Si. The van der Waals surface area contributed by atoms with E-state index in [-0.39, 0.29) is 53.4 Å². The third-order valence-corrected chi connectivity index (χ3v) is 12.7. The minimum absolute atomic E-state index is 0.0529. The number of hydrogen-bond donors (Lipinski definition) is 0. The van der Waals surface area contributed by atoms with Crippen molar-refractivity contribution >= 4 is 20.3 Å². The van der Waals surface area contributed by atoms with Crippen LogP contribution in [0.3, 0.4) is 0 Å². The van der Waals surface area contributed by atoms with E-state index in [1.807, 2.05) is 0 Å². The lowest BCUT2D eigenvalue weighted by molar-refractivity contribution is -0.198. The molecule has 3 fully saturated rings. The number of carbonyl (C=O) groups excluding carboxylic acids is 2. The molecule has 0 radical (unpaired) electrons. The van der Waals surface area contributed by atoms with Gasteiger partial charge in [-0.2, -0.15) is 0 Å². The van der Waals surface area contributed by atoms with E-state index in [2.05, 4.69) is 33.9 Å². The fraction of sp³-hybridized carbons (Fsp3) is 0.923. The zero-order valence-electron chi connectivity index (χ0n) is 22.1. The van der Waals surface area contributed by atoms with Crippen molar-refractivity contribution in [2.24, 2.45) is 11.8 Å². The van der Waals surface area contributed by atoms with Gasteiger partial charge >= 0.3 is 11.9 Å². The summed E-state index contributed by atoms with van der Waals surface area (Å²) in [5.41, 5.74) is 0. The Labute approximate surface area is 206 Å². The number of hydrogen-bond acceptors (Lipinski definition) is 7. The number of rotatable bonds is 9. The molecule has 3 rings (SSSR count). The van der Waals surface area contributed by atoms with Crippen molar-refractivity contribution in [2.75, 3.05) is 13.2 Å². The molecule has 0 bridgehead atoms. The van der Waals surface area contributed by atoms with E-state index >= 15 is 0 Å². The zero-order valence-corrected chi connectivity index (χ0v) is 23.1. The summed E-state index contributed by atoms with van der Waals surface area (Å²) in [5.74, 6) is -0.170. The Kier molecular flexibility index (Phi) is 9.63. The molecule has 6 atom stereocenters. The van der Waals surface area contributed by atoms with Crippen molar-refractivity contribution in [3.8, 4) is 0 Å². The second-order valence-electron chi connectivity index (χ2n) is 11.8. The summed E-state index contributed by atoms with van der Waals surface area (Å²) in [6.45, 7) is 14.0. The van der Waals surface area contributed by atoms with E-state index in [0.717, 1.165) is 51.6 Å². The van der Waals surface area contributed by atoms with Crippen LogP contribution < -0.4 is 0 Å². The average Bonchev–Trinajstić information content (AvgIpc) is 3.05. The Balaban J connectivity index is 1.76. The monoisotopic (exact) mass is 498 g/mol. The molecule has 3 aliphatic rings. The summed E-state index contributed by atoms with van der Waals surface area (Å²) in [5, 5.41) is 0.107. The molecule has 1 aliphatic carbocycles. The molecule has 0 spiro atoms. The molecule has 0 N–H and O–H groups in total. The van der Waals surface area contributed by atoms with Gasteiger partial charge in [0, 0.05) is 44.8 Å². The van der Waals surface area contributed by atoms with E-state index < -0.39 is 8.32 Å². The highest BCUT2D eigenvalue weighted by Crippen LogP contribution is 2.43. The summed E-state index contributed by atoms with van der Waals surface area (Å²) >= 11 is 0. The van der Waals surface area contributed by atoms with Crippen LogP contribution in [0.15, 0.2) is 0 Å². The van der Waals surface area contributed by atoms with Crippen molar-refractivity contribution in [3.63, 3.8) is 0 Å². The maximum absolute atomic E-state index is 12.0. The highest BCUT2D eigenvalue weighted by atomic mass is 28.4. The fourth-order valence-corrected chi connectivity index (χ4v) is 6.20. The lowest BCUT2D eigenvalue weighted by Gasteiger charge is -2.39. The van der Waals surface area contributed by atoms with E-state index in [9.17, 15) is 9.59 Å². The van der Waals surface area contributed by atoms with E-state index in [0.29, 0.717) is 19.4 Å². The number of cyclic esters (lactones) is 1. The summed E-state index contributed by atoms with van der Waals surface area (Å²) in [4.78, 5) is 23.7. The van der Waals surface area contributed by atoms with Crippen LogP contribution in [-0.4, -0.2) is 58.1 Å². The van der Waals surface area contributed by atoms with Gasteiger partial charge in [-0.1, -0.05) is 20.8 Å². The molecule has 196 valence electrons. The van der Waals surface area contributed by atoms with Gasteiger partial charge in [-0.05, 0) is 63.1 Å². The number of ether oxygens (including phenoxy) is 4. The molecule has 1 saturated carbocycles. The van der Waals surface area contributed by atoms with E-state index in [1.54, 1.807) is 0 Å². The highest BCUT2D eigenvalue weighted by molar-refractivity contribution is 6.74. The van der Waals surface area contributed by atoms with Crippen LogP contribution >= 0.6 is 0 Å². The van der Waals surface area contributed by atoms with Gasteiger partial charge in [-0.15, -0.1) is 0 Å². The Morgan fingerprint density at radius 1 is 1.06 bits per heavy atom. The minimum Gasteiger partial charge on any atom is -0.462 e. The maximum Gasteiger partial charge on any atom is 0.306 e. The first-order valence-electron chi connectivity index (χ1n) is 13.2. The smallest absolute Gasteiger partial charge is 0.306 e. The first-order valence-corrected chi connectivity index (χ1v) is 16.1. The first kappa shape index (κ1) is 27.6. The van der Waals surface area contributed by atoms with Gasteiger partial charge in [-0.3, -0.25) is 9.59 Å². The SMILES string of the molecule is CC(=O)OC1C[C@H](OC2CCCCO2)[C@@H](CO[Si](C)(C)C(C)(C)C)[C@@H]1CCC1CCCC(=O)O1. The normalized spacial score (nSPS) is 32.9. The van der Waals surface area contributed by atoms with Crippen molar-refractivity contribution < 1.29 is 33.0 Å². The molecule has 8 heteroatoms. The van der Waals surface area contributed by atoms with Crippen LogP contribution in [0.1, 0.15) is 85.5 Å². The van der Waals surface area contributed by atoms with Gasteiger partial charge in [-0.25, -0.2) is 0 Å². The third kappa shape index (κ3) is 7.52. The molecule has 0 aromatic heterocycles. The number of carbonyl (C=O) groups is 2. The molecule has 0 amide bonds. The summed E-state index contributed by atoms with van der Waals surface area (Å²) in [7, 11) is -1.97. The average molecular weight is 499 g/mol. The van der Waals surface area contributed by atoms with Crippen LogP contribution in [0.5, 0.6) is 0 Å². The molecule has 34 heavy (non-hydrogen) atoms. The van der Waals surface area contributed by atoms with Gasteiger partial charge in [0.2, 0.25) is 0 Å². The molecule has 2 saturated heterocycles. The molecular weight excluding hydrogens is 452 g/mol. The van der Waals surface area contributed by atoms with Gasteiger partial charge in [0.1, 0.15) is 12.2 Å². The quantitative estimate of drug-likeness (QED) is 0.312. The fourth-order valence-electron chi connectivity index (χ4n) is 5.16. The Morgan fingerprint density at radius 3 is 2.44 bits per heavy atom. The lowest BCUT2D eigenvalue weighted by atomic mass is 9.88. The van der Waals surface area contributed by atoms with Crippen molar-refractivity contribution in [3.05, 3.63) is 0 Å². The molecule has 2 aliphatic heterocycles. The molecule has 7 nitrogen and oxygen atoms in total. The molecule has 2 heterocycles. The Morgan fingerprint density at radius 2 is 1.82 bits per heavy atom. The molecule has 0 aromatic carbocycles. The lowest BCUT2D eigenvalue weighted by Crippen LogP contribution is -2.44. The summed E-state index contributed by atoms with van der Waals surface area (Å²) in [6.07, 6.45) is 7.03. The van der Waals surface area contributed by atoms with E-state index in [4.69, 9.17) is 23.4 Å². The zero-order chi connectivity index (χ0) is 24.9. The van der Waals surface area contributed by atoms with E-state index in [1.165, 1.54) is 6.92 Å². The highest BCUT2D eigenvalue weighted by Gasteiger charge is 2.48. The van der Waals surface area contributed by atoms with Gasteiger partial charge in [0.25, 0.3) is 0 Å². The molecule has 3 unspecified atom stereocenters. The van der Waals surface area contributed by atoms with Crippen LogP contribution in [0.25, 0.3) is 0 Å². The minimum atomic E-state index is -1.97. The van der Waals surface area contributed by atoms with Crippen LogP contribution in [0.2, 0.25) is 18.1 Å². The maximum atomic E-state index is 12.0. The van der Waals surface area contributed by atoms with Crippen molar-refractivity contribution in [1.82, 2.24) is 0 Å². The second kappa shape index (κ2) is 11.8. The van der Waals surface area contributed by atoms with Gasteiger partial charge in [0.05, 0.1) is 6.10 Å². The van der Waals surface area contributed by atoms with Crippen LogP contribution in [0, 0.1) is 11.8 Å². The largest absolute Gasteiger partial charge is 0.462 e. The number of esters is 2. The summed E-state index contributed by atoms with van der Waals surface area (Å²) < 4.78 is 30.5. The predicted octanol–water partition coefficient (Wildman–Crippen LogP) is 5.36. The second-order valence-corrected chi connectivity index (χ2v) is 16.6. The van der Waals surface area contributed by atoms with Crippen LogP contribution in [0.4, 0.5) is 0 Å². The predicted molar refractivity (Wildman–Crippen MR) is 132 cm³/mol. The first-order chi connectivity index (χ1) is 16.0. The van der Waals surface area contributed by atoms with Gasteiger partial charge in [0.15, 0.2) is 14.6 Å². The topological polar surface area (TPSA) is 80.3 Å². The van der Waals surface area contributed by atoms with Crippen molar-refractivity contribution in [1.29, 1.82) is 0 Å². The van der Waals surface area contributed by atoms with Gasteiger partial charge < -0.3 is 23.4 Å². The third-order valence-electron chi connectivity index (χ3n) is 8.22. The van der Waals surface area contributed by atoms with Crippen LogP contribution in [-0.2, 0) is 33.0 Å². The standard InChI is InChI=1S/C26H46O7Si/c1-18(27)31-22-16-23(33-25-12-7-8-15-29-25)21(17-30-34(5,6)26(2,3)4)20(22)14-13-19-10-9-11-24(28)32-19/h19-23,25H,7-17H2,1-6H3/t19?,20-,21-,22?,23-,25?/m0/s1.